The summed E-state index contributed by atoms with van der Waals surface area (Å²) < 4.78 is 21.8. The maximum absolute atomic E-state index is 5.94. The number of anilines is 1. The van der Waals surface area contributed by atoms with Crippen LogP contribution >= 0.6 is 24.0 Å². The molecule has 1 atom stereocenters. The number of ether oxygens (including phenoxy) is 4. The third-order valence-electron chi connectivity index (χ3n) is 3.82. The van der Waals surface area contributed by atoms with Crippen LogP contribution in [0.2, 0.25) is 0 Å². The van der Waals surface area contributed by atoms with Gasteiger partial charge in [-0.2, -0.15) is 0 Å². The van der Waals surface area contributed by atoms with Crippen molar-refractivity contribution in [1.82, 2.24) is 5.32 Å². The number of nitrogens with zero attached hydrogens (tertiary/aromatic N) is 1. The molecule has 2 aromatic carbocycles. The SMILES string of the molecule is CN=C(NCC(C)Oc1ccccc1OC)Nc1ccc(OC)c(OC)c1.I. The van der Waals surface area contributed by atoms with Crippen LogP contribution in [0.4, 0.5) is 5.69 Å². The van der Waals surface area contributed by atoms with Gasteiger partial charge >= 0.3 is 0 Å². The standard InChI is InChI=1S/C20H27N3O4.HI/c1-14(27-18-9-7-6-8-16(18)24-3)13-22-20(21-2)23-15-10-11-17(25-4)19(12-15)26-5;/h6-12,14H,13H2,1-5H3,(H2,21,22,23);1H. The summed E-state index contributed by atoms with van der Waals surface area (Å²) in [5.41, 5.74) is 0.832. The van der Waals surface area contributed by atoms with Crippen molar-refractivity contribution in [3.8, 4) is 23.0 Å². The fourth-order valence-electron chi connectivity index (χ4n) is 2.44. The molecule has 0 radical (unpaired) electrons. The van der Waals surface area contributed by atoms with Gasteiger partial charge < -0.3 is 29.6 Å². The summed E-state index contributed by atoms with van der Waals surface area (Å²) in [6, 6.07) is 13.1. The van der Waals surface area contributed by atoms with Crippen molar-refractivity contribution in [2.45, 2.75) is 13.0 Å². The van der Waals surface area contributed by atoms with E-state index in [1.54, 1.807) is 28.4 Å². The lowest BCUT2D eigenvalue weighted by Crippen LogP contribution is -2.37. The topological polar surface area (TPSA) is 73.3 Å². The summed E-state index contributed by atoms with van der Waals surface area (Å²) in [7, 11) is 6.54. The Morgan fingerprint density at radius 2 is 1.54 bits per heavy atom. The van der Waals surface area contributed by atoms with Crippen LogP contribution in [0, 0.1) is 0 Å². The van der Waals surface area contributed by atoms with E-state index in [9.17, 15) is 0 Å². The Morgan fingerprint density at radius 3 is 2.14 bits per heavy atom. The molecule has 0 heterocycles. The van der Waals surface area contributed by atoms with Gasteiger partial charge in [-0.25, -0.2) is 0 Å². The predicted molar refractivity (Wildman–Crippen MR) is 123 cm³/mol. The van der Waals surface area contributed by atoms with Gasteiger partial charge in [0.1, 0.15) is 6.10 Å². The second-order valence-corrected chi connectivity index (χ2v) is 5.73. The van der Waals surface area contributed by atoms with Gasteiger partial charge in [0.25, 0.3) is 0 Å². The van der Waals surface area contributed by atoms with E-state index >= 15 is 0 Å². The van der Waals surface area contributed by atoms with Crippen LogP contribution in [0.15, 0.2) is 47.5 Å². The number of benzene rings is 2. The van der Waals surface area contributed by atoms with Gasteiger partial charge in [-0.1, -0.05) is 12.1 Å². The van der Waals surface area contributed by atoms with Crippen molar-refractivity contribution in [2.24, 2.45) is 4.99 Å². The molecule has 2 rings (SSSR count). The number of rotatable bonds is 8. The fraction of sp³-hybridized carbons (Fsp3) is 0.350. The molecule has 7 nitrogen and oxygen atoms in total. The van der Waals surface area contributed by atoms with Gasteiger partial charge in [0.15, 0.2) is 29.0 Å². The first-order valence-corrected chi connectivity index (χ1v) is 8.60. The molecule has 0 aliphatic carbocycles. The number of hydrogen-bond donors (Lipinski definition) is 2. The smallest absolute Gasteiger partial charge is 0.195 e. The summed E-state index contributed by atoms with van der Waals surface area (Å²) in [6.45, 7) is 2.54. The monoisotopic (exact) mass is 501 g/mol. The average Bonchev–Trinajstić information content (AvgIpc) is 2.71. The molecule has 0 saturated carbocycles. The summed E-state index contributed by atoms with van der Waals surface area (Å²) in [6.07, 6.45) is -0.0924. The molecule has 1 unspecified atom stereocenters. The van der Waals surface area contributed by atoms with Crippen molar-refractivity contribution in [2.75, 3.05) is 40.2 Å². The van der Waals surface area contributed by atoms with Gasteiger partial charge in [-0.05, 0) is 31.2 Å². The Hall–Kier alpha value is -2.36. The minimum atomic E-state index is -0.0924. The first-order chi connectivity index (χ1) is 13.1. The van der Waals surface area contributed by atoms with E-state index in [4.69, 9.17) is 18.9 Å². The number of hydrogen-bond acceptors (Lipinski definition) is 5. The van der Waals surface area contributed by atoms with Crippen LogP contribution in [-0.2, 0) is 0 Å². The minimum Gasteiger partial charge on any atom is -0.493 e. The molecule has 2 N–H and O–H groups in total. The molecule has 0 saturated heterocycles. The summed E-state index contributed by atoms with van der Waals surface area (Å²) >= 11 is 0. The third kappa shape index (κ3) is 6.66. The zero-order chi connectivity index (χ0) is 19.6. The van der Waals surface area contributed by atoms with E-state index in [0.29, 0.717) is 35.5 Å². The van der Waals surface area contributed by atoms with Crippen LogP contribution < -0.4 is 29.6 Å². The maximum atomic E-state index is 5.94. The van der Waals surface area contributed by atoms with E-state index < -0.39 is 0 Å². The Bertz CT molecular complexity index is 771. The first-order valence-electron chi connectivity index (χ1n) is 8.60. The molecule has 0 aliphatic heterocycles. The van der Waals surface area contributed by atoms with Gasteiger partial charge in [-0.3, -0.25) is 4.99 Å². The van der Waals surface area contributed by atoms with Crippen molar-refractivity contribution in [1.29, 1.82) is 0 Å². The Morgan fingerprint density at radius 1 is 0.929 bits per heavy atom. The predicted octanol–water partition coefficient (Wildman–Crippen LogP) is 3.79. The molecule has 154 valence electrons. The van der Waals surface area contributed by atoms with E-state index in [1.807, 2.05) is 49.4 Å². The number of aliphatic imine (C=N–C) groups is 1. The molecule has 0 bridgehead atoms. The molecule has 0 amide bonds. The molecule has 8 heteroatoms. The minimum absolute atomic E-state index is 0. The maximum Gasteiger partial charge on any atom is 0.195 e. The van der Waals surface area contributed by atoms with Gasteiger partial charge in [-0.15, -0.1) is 24.0 Å². The van der Waals surface area contributed by atoms with E-state index in [2.05, 4.69) is 15.6 Å². The fourth-order valence-corrected chi connectivity index (χ4v) is 2.44. The lowest BCUT2D eigenvalue weighted by Gasteiger charge is -2.19. The first kappa shape index (κ1) is 23.7. The quantitative estimate of drug-likeness (QED) is 0.326. The molecule has 28 heavy (non-hydrogen) atoms. The van der Waals surface area contributed by atoms with E-state index in [1.165, 1.54) is 0 Å². The molecule has 0 fully saturated rings. The second-order valence-electron chi connectivity index (χ2n) is 5.73. The Balaban J connectivity index is 0.00000392. The molecule has 2 aromatic rings. The Labute approximate surface area is 183 Å². The van der Waals surface area contributed by atoms with Gasteiger partial charge in [0.2, 0.25) is 0 Å². The summed E-state index contributed by atoms with van der Waals surface area (Å²) in [5.74, 6) is 3.35. The molecular weight excluding hydrogens is 473 g/mol. The highest BCUT2D eigenvalue weighted by Crippen LogP contribution is 2.29. The zero-order valence-electron chi connectivity index (χ0n) is 16.8. The number of para-hydroxylation sites is 2. The summed E-state index contributed by atoms with van der Waals surface area (Å²) in [4.78, 5) is 4.24. The van der Waals surface area contributed by atoms with Crippen LogP contribution in [0.25, 0.3) is 0 Å². The van der Waals surface area contributed by atoms with E-state index in [-0.39, 0.29) is 30.1 Å². The number of nitrogens with one attached hydrogen (secondary N) is 2. The highest BCUT2D eigenvalue weighted by atomic mass is 127. The third-order valence-corrected chi connectivity index (χ3v) is 3.82. The molecule has 0 aliphatic rings. The zero-order valence-corrected chi connectivity index (χ0v) is 19.1. The normalized spacial score (nSPS) is 11.7. The van der Waals surface area contributed by atoms with Crippen molar-refractivity contribution >= 4 is 35.6 Å². The van der Waals surface area contributed by atoms with Crippen molar-refractivity contribution < 1.29 is 18.9 Å². The molecule has 0 spiro atoms. The lowest BCUT2D eigenvalue weighted by molar-refractivity contribution is 0.214. The van der Waals surface area contributed by atoms with Gasteiger partial charge in [0.05, 0.1) is 27.9 Å². The highest BCUT2D eigenvalue weighted by molar-refractivity contribution is 14.0. The molecular formula is C20H28IN3O4. The highest BCUT2D eigenvalue weighted by Gasteiger charge is 2.10. The van der Waals surface area contributed by atoms with Crippen LogP contribution in [0.3, 0.4) is 0 Å². The number of methoxy groups -OCH3 is 3. The van der Waals surface area contributed by atoms with Crippen molar-refractivity contribution in [3.63, 3.8) is 0 Å². The average molecular weight is 501 g/mol. The number of halogens is 1. The lowest BCUT2D eigenvalue weighted by atomic mass is 10.2. The second kappa shape index (κ2) is 12.2. The van der Waals surface area contributed by atoms with Crippen LogP contribution in [-0.4, -0.2) is 47.0 Å². The van der Waals surface area contributed by atoms with E-state index in [0.717, 1.165) is 5.69 Å². The van der Waals surface area contributed by atoms with Crippen LogP contribution in [0.1, 0.15) is 6.92 Å². The van der Waals surface area contributed by atoms with Crippen molar-refractivity contribution in [3.05, 3.63) is 42.5 Å². The van der Waals surface area contributed by atoms with Crippen LogP contribution in [0.5, 0.6) is 23.0 Å². The Kier molecular flexibility index (Phi) is 10.3. The molecule has 0 aromatic heterocycles. The largest absolute Gasteiger partial charge is 0.493 e. The number of guanidine groups is 1. The van der Waals surface area contributed by atoms with Gasteiger partial charge in [0, 0.05) is 18.8 Å². The summed E-state index contributed by atoms with van der Waals surface area (Å²) in [5, 5.41) is 6.46.